The molecular formula is C20H36N4. The Labute approximate surface area is 147 Å². The number of hydrogen-bond acceptors (Lipinski definition) is 2. The van der Waals surface area contributed by atoms with Crippen LogP contribution in [-0.2, 0) is 6.42 Å². The third-order valence-electron chi connectivity index (χ3n) is 4.81. The highest BCUT2D eigenvalue weighted by atomic mass is 15.5. The quantitative estimate of drug-likeness (QED) is 0.431. The first-order valence-corrected chi connectivity index (χ1v) is 10.2. The average Bonchev–Trinajstić information content (AvgIpc) is 3.08. The van der Waals surface area contributed by atoms with Crippen molar-refractivity contribution >= 4 is 5.65 Å². The normalized spacial score (nSPS) is 11.6. The standard InChI is InChI=1S/C20H36N4/c1-3-4-5-6-7-8-9-10-11-12-13-14-15-16-19-21-20-17-18(2)22-24(20)23-19/h17,22H,3-16H2,1-2H3. The van der Waals surface area contributed by atoms with E-state index in [0.717, 1.165) is 23.6 Å². The van der Waals surface area contributed by atoms with Gasteiger partial charge in [0, 0.05) is 18.2 Å². The molecule has 0 radical (unpaired) electrons. The van der Waals surface area contributed by atoms with Gasteiger partial charge in [0.1, 0.15) is 0 Å². The van der Waals surface area contributed by atoms with E-state index in [-0.39, 0.29) is 0 Å². The van der Waals surface area contributed by atoms with Crippen molar-refractivity contribution in [2.45, 2.75) is 104 Å². The zero-order valence-electron chi connectivity index (χ0n) is 15.8. The van der Waals surface area contributed by atoms with Gasteiger partial charge in [-0.3, -0.25) is 5.10 Å². The zero-order valence-corrected chi connectivity index (χ0v) is 15.8. The molecule has 2 aromatic rings. The van der Waals surface area contributed by atoms with Gasteiger partial charge in [-0.1, -0.05) is 84.0 Å². The number of unbranched alkanes of at least 4 members (excludes halogenated alkanes) is 12. The summed E-state index contributed by atoms with van der Waals surface area (Å²) in [4.78, 5) is 4.55. The summed E-state index contributed by atoms with van der Waals surface area (Å²) in [6.07, 6.45) is 19.1. The van der Waals surface area contributed by atoms with Crippen molar-refractivity contribution in [2.24, 2.45) is 0 Å². The Balaban J connectivity index is 1.38. The maximum Gasteiger partial charge on any atom is 0.175 e. The van der Waals surface area contributed by atoms with Crippen LogP contribution in [0.25, 0.3) is 5.65 Å². The van der Waals surface area contributed by atoms with Gasteiger partial charge >= 0.3 is 0 Å². The van der Waals surface area contributed by atoms with Crippen molar-refractivity contribution < 1.29 is 0 Å². The second-order valence-corrected chi connectivity index (χ2v) is 7.23. The number of nitrogens with one attached hydrogen (secondary N) is 1. The van der Waals surface area contributed by atoms with Crippen LogP contribution in [0.15, 0.2) is 6.07 Å². The molecule has 24 heavy (non-hydrogen) atoms. The fourth-order valence-corrected chi connectivity index (χ4v) is 3.34. The summed E-state index contributed by atoms with van der Waals surface area (Å²) >= 11 is 0. The number of aromatic nitrogens is 4. The number of fused-ring (bicyclic) bond motifs is 1. The number of hydrogen-bond donors (Lipinski definition) is 1. The number of aromatic amines is 1. The summed E-state index contributed by atoms with van der Waals surface area (Å²) in [7, 11) is 0. The summed E-state index contributed by atoms with van der Waals surface area (Å²) in [6, 6.07) is 2.04. The molecule has 0 saturated heterocycles. The van der Waals surface area contributed by atoms with Crippen LogP contribution in [0.4, 0.5) is 0 Å². The van der Waals surface area contributed by atoms with Crippen molar-refractivity contribution in [1.29, 1.82) is 0 Å². The van der Waals surface area contributed by atoms with Crippen molar-refractivity contribution in [3.63, 3.8) is 0 Å². The van der Waals surface area contributed by atoms with Gasteiger partial charge in [0.05, 0.1) is 0 Å². The van der Waals surface area contributed by atoms with Crippen LogP contribution in [0.3, 0.4) is 0 Å². The summed E-state index contributed by atoms with van der Waals surface area (Å²) in [5.74, 6) is 0.976. The third kappa shape index (κ3) is 7.06. The van der Waals surface area contributed by atoms with Crippen molar-refractivity contribution in [3.8, 4) is 0 Å². The van der Waals surface area contributed by atoms with Crippen LogP contribution in [0.1, 0.15) is 102 Å². The van der Waals surface area contributed by atoms with E-state index in [1.165, 1.54) is 83.5 Å². The predicted octanol–water partition coefficient (Wildman–Crippen LogP) is 6.00. The summed E-state index contributed by atoms with van der Waals surface area (Å²) in [6.45, 7) is 4.32. The molecule has 0 saturated carbocycles. The SMILES string of the molecule is CCCCCCCCCCCCCCCc1nc2cc(C)[nH]n2n1. The Hall–Kier alpha value is -1.32. The minimum Gasteiger partial charge on any atom is -0.281 e. The minimum absolute atomic E-state index is 0.942. The van der Waals surface area contributed by atoms with Crippen LogP contribution < -0.4 is 0 Å². The van der Waals surface area contributed by atoms with Gasteiger partial charge in [-0.05, 0) is 13.3 Å². The molecule has 4 nitrogen and oxygen atoms in total. The first-order valence-electron chi connectivity index (χ1n) is 10.2. The van der Waals surface area contributed by atoms with E-state index in [4.69, 9.17) is 0 Å². The highest BCUT2D eigenvalue weighted by Crippen LogP contribution is 2.13. The second-order valence-electron chi connectivity index (χ2n) is 7.23. The monoisotopic (exact) mass is 332 g/mol. The molecular weight excluding hydrogens is 296 g/mol. The molecule has 2 heterocycles. The predicted molar refractivity (Wildman–Crippen MR) is 101 cm³/mol. The van der Waals surface area contributed by atoms with Gasteiger partial charge in [0.2, 0.25) is 0 Å². The van der Waals surface area contributed by atoms with Crippen molar-refractivity contribution in [3.05, 3.63) is 17.6 Å². The van der Waals surface area contributed by atoms with Crippen molar-refractivity contribution in [2.75, 3.05) is 0 Å². The number of rotatable bonds is 14. The molecule has 2 aromatic heterocycles. The molecule has 2 rings (SSSR count). The molecule has 136 valence electrons. The summed E-state index contributed by atoms with van der Waals surface area (Å²) < 4.78 is 1.78. The molecule has 0 aliphatic heterocycles. The van der Waals surface area contributed by atoms with Crippen LogP contribution in [0.5, 0.6) is 0 Å². The molecule has 0 unspecified atom stereocenters. The van der Waals surface area contributed by atoms with E-state index >= 15 is 0 Å². The molecule has 0 atom stereocenters. The highest BCUT2D eigenvalue weighted by molar-refractivity contribution is 5.37. The second kappa shape index (κ2) is 11.3. The van der Waals surface area contributed by atoms with Gasteiger partial charge < -0.3 is 0 Å². The molecule has 4 heteroatoms. The van der Waals surface area contributed by atoms with E-state index in [1.54, 1.807) is 4.63 Å². The Bertz CT molecular complexity index is 523. The van der Waals surface area contributed by atoms with Crippen LogP contribution in [0, 0.1) is 6.92 Å². The number of H-pyrrole nitrogens is 1. The summed E-state index contributed by atoms with van der Waals surface area (Å²) in [5, 5.41) is 7.65. The topological polar surface area (TPSA) is 46.0 Å². The van der Waals surface area contributed by atoms with E-state index in [1.807, 2.05) is 13.0 Å². The van der Waals surface area contributed by atoms with Gasteiger partial charge in [0.25, 0.3) is 0 Å². The van der Waals surface area contributed by atoms with Gasteiger partial charge in [-0.15, -0.1) is 5.10 Å². The number of aryl methyl sites for hydroxylation is 2. The largest absolute Gasteiger partial charge is 0.281 e. The summed E-state index contributed by atoms with van der Waals surface area (Å²) in [5.41, 5.74) is 2.05. The molecule has 0 aliphatic rings. The molecule has 0 amide bonds. The number of nitrogens with zero attached hydrogens (tertiary/aromatic N) is 3. The third-order valence-corrected chi connectivity index (χ3v) is 4.81. The Morgan fingerprint density at radius 3 is 1.92 bits per heavy atom. The lowest BCUT2D eigenvalue weighted by molar-refractivity contribution is 0.538. The molecule has 0 bridgehead atoms. The first kappa shape index (κ1) is 19.0. The average molecular weight is 333 g/mol. The minimum atomic E-state index is 0.942. The Kier molecular flexibility index (Phi) is 8.93. The smallest absolute Gasteiger partial charge is 0.175 e. The van der Waals surface area contributed by atoms with Crippen LogP contribution >= 0.6 is 0 Å². The zero-order chi connectivity index (χ0) is 17.0. The van der Waals surface area contributed by atoms with Crippen LogP contribution in [-0.4, -0.2) is 19.8 Å². The van der Waals surface area contributed by atoms with Crippen LogP contribution in [0.2, 0.25) is 0 Å². The first-order chi connectivity index (χ1) is 11.8. The maximum absolute atomic E-state index is 4.55. The lowest BCUT2D eigenvalue weighted by atomic mass is 10.0. The molecule has 1 N–H and O–H groups in total. The van der Waals surface area contributed by atoms with E-state index in [0.29, 0.717) is 0 Å². The van der Waals surface area contributed by atoms with Gasteiger partial charge in [-0.2, -0.15) is 4.63 Å². The van der Waals surface area contributed by atoms with Crippen molar-refractivity contribution in [1.82, 2.24) is 19.8 Å². The maximum atomic E-state index is 4.55. The fourth-order valence-electron chi connectivity index (χ4n) is 3.34. The van der Waals surface area contributed by atoms with E-state index in [2.05, 4.69) is 22.1 Å². The highest BCUT2D eigenvalue weighted by Gasteiger charge is 2.05. The molecule has 0 aliphatic carbocycles. The van der Waals surface area contributed by atoms with E-state index in [9.17, 15) is 0 Å². The Morgan fingerprint density at radius 2 is 1.38 bits per heavy atom. The molecule has 0 aromatic carbocycles. The van der Waals surface area contributed by atoms with Gasteiger partial charge in [-0.25, -0.2) is 4.98 Å². The lowest BCUT2D eigenvalue weighted by Gasteiger charge is -2.02. The Morgan fingerprint density at radius 1 is 0.833 bits per heavy atom. The molecule has 0 fully saturated rings. The van der Waals surface area contributed by atoms with E-state index < -0.39 is 0 Å². The lowest BCUT2D eigenvalue weighted by Crippen LogP contribution is -1.92. The van der Waals surface area contributed by atoms with Gasteiger partial charge in [0.15, 0.2) is 11.5 Å². The molecule has 0 spiro atoms. The fraction of sp³-hybridized carbons (Fsp3) is 0.800.